The Morgan fingerprint density at radius 3 is 2.43 bits per heavy atom. The maximum Gasteiger partial charge on any atom is 0.226 e. The van der Waals surface area contributed by atoms with Crippen LogP contribution in [0.2, 0.25) is 0 Å². The van der Waals surface area contributed by atoms with E-state index in [0.717, 1.165) is 58.0 Å². The van der Waals surface area contributed by atoms with Crippen LogP contribution in [0.15, 0.2) is 0 Å². The van der Waals surface area contributed by atoms with Crippen molar-refractivity contribution < 1.29 is 14.6 Å². The van der Waals surface area contributed by atoms with Gasteiger partial charge in [0.15, 0.2) is 0 Å². The van der Waals surface area contributed by atoms with E-state index < -0.39 is 5.60 Å². The number of carbonyl (C=O) groups is 1. The fourth-order valence-electron chi connectivity index (χ4n) is 3.58. The summed E-state index contributed by atoms with van der Waals surface area (Å²) in [6.45, 7) is 2.79. The number of ether oxygens (including phenoxy) is 1. The number of rotatable bonds is 6. The number of nitrogens with one attached hydrogen (secondary N) is 1. The molecule has 0 aromatic carbocycles. The van der Waals surface area contributed by atoms with Crippen molar-refractivity contribution in [2.24, 2.45) is 5.41 Å². The zero-order chi connectivity index (χ0) is 15.3. The van der Waals surface area contributed by atoms with Crippen LogP contribution >= 0.6 is 0 Å². The van der Waals surface area contributed by atoms with E-state index in [2.05, 4.69) is 17.3 Å². The lowest BCUT2D eigenvalue weighted by Gasteiger charge is -2.37. The molecule has 2 fully saturated rings. The van der Waals surface area contributed by atoms with E-state index in [-0.39, 0.29) is 11.3 Å². The van der Waals surface area contributed by atoms with Gasteiger partial charge in [-0.15, -0.1) is 0 Å². The number of aliphatic hydroxyl groups is 1. The number of methoxy groups -OCH3 is 1. The molecule has 21 heavy (non-hydrogen) atoms. The number of carbonyl (C=O) groups excluding carboxylic acids is 1. The van der Waals surface area contributed by atoms with Crippen LogP contribution in [-0.4, -0.2) is 61.9 Å². The highest BCUT2D eigenvalue weighted by Crippen LogP contribution is 2.41. The predicted octanol–water partition coefficient (Wildman–Crippen LogP) is 1.16. The normalized spacial score (nSPS) is 24.9. The predicted molar refractivity (Wildman–Crippen MR) is 82.1 cm³/mol. The largest absolute Gasteiger partial charge is 0.388 e. The molecule has 122 valence electrons. The SMILES string of the molecule is COCCC1(C(=O)NCC2(O)CCN(C)CC2)CCCC1. The molecule has 0 aromatic rings. The van der Waals surface area contributed by atoms with Gasteiger partial charge in [-0.2, -0.15) is 0 Å². The third-order valence-corrected chi connectivity index (χ3v) is 5.32. The molecule has 2 N–H and O–H groups in total. The Kier molecular flexibility index (Phi) is 5.63. The summed E-state index contributed by atoms with van der Waals surface area (Å²) in [6, 6.07) is 0. The molecule has 2 rings (SSSR count). The highest BCUT2D eigenvalue weighted by molar-refractivity contribution is 5.83. The molecule has 1 aliphatic heterocycles. The van der Waals surface area contributed by atoms with Gasteiger partial charge in [-0.05, 0) is 39.2 Å². The minimum atomic E-state index is -0.733. The molecule has 1 amide bonds. The Balaban J connectivity index is 1.87. The van der Waals surface area contributed by atoms with E-state index in [0.29, 0.717) is 13.2 Å². The van der Waals surface area contributed by atoms with Gasteiger partial charge in [0.1, 0.15) is 0 Å². The average molecular weight is 298 g/mol. The van der Waals surface area contributed by atoms with Crippen molar-refractivity contribution in [2.75, 3.05) is 40.4 Å². The molecule has 5 nitrogen and oxygen atoms in total. The van der Waals surface area contributed by atoms with Crippen molar-refractivity contribution in [1.82, 2.24) is 10.2 Å². The summed E-state index contributed by atoms with van der Waals surface area (Å²) >= 11 is 0. The van der Waals surface area contributed by atoms with E-state index in [1.54, 1.807) is 7.11 Å². The minimum absolute atomic E-state index is 0.115. The number of hydrogen-bond acceptors (Lipinski definition) is 4. The van der Waals surface area contributed by atoms with Crippen LogP contribution in [-0.2, 0) is 9.53 Å². The average Bonchev–Trinajstić information content (AvgIpc) is 2.96. The molecule has 1 saturated heterocycles. The highest BCUT2D eigenvalue weighted by atomic mass is 16.5. The Morgan fingerprint density at radius 1 is 1.24 bits per heavy atom. The number of hydrogen-bond donors (Lipinski definition) is 2. The number of nitrogens with zero attached hydrogens (tertiary/aromatic N) is 1. The van der Waals surface area contributed by atoms with Crippen molar-refractivity contribution >= 4 is 5.91 Å². The maximum atomic E-state index is 12.6. The Hall–Kier alpha value is -0.650. The number of likely N-dealkylation sites (tertiary alicyclic amines) is 1. The first kappa shape index (κ1) is 16.7. The van der Waals surface area contributed by atoms with E-state index in [4.69, 9.17) is 4.74 Å². The van der Waals surface area contributed by atoms with Gasteiger partial charge in [-0.3, -0.25) is 4.79 Å². The second-order valence-electron chi connectivity index (χ2n) is 6.94. The first-order chi connectivity index (χ1) is 10.00. The molecule has 1 saturated carbocycles. The highest BCUT2D eigenvalue weighted by Gasteiger charge is 2.41. The van der Waals surface area contributed by atoms with Crippen LogP contribution in [0.3, 0.4) is 0 Å². The lowest BCUT2D eigenvalue weighted by atomic mass is 9.81. The third kappa shape index (κ3) is 4.18. The van der Waals surface area contributed by atoms with Gasteiger partial charge in [-0.1, -0.05) is 12.8 Å². The summed E-state index contributed by atoms with van der Waals surface area (Å²) in [5.41, 5.74) is -0.999. The van der Waals surface area contributed by atoms with E-state index in [1.165, 1.54) is 0 Å². The molecule has 1 aliphatic carbocycles. The Labute approximate surface area is 128 Å². The van der Waals surface area contributed by atoms with Gasteiger partial charge < -0.3 is 20.1 Å². The van der Waals surface area contributed by atoms with Gasteiger partial charge in [0, 0.05) is 33.4 Å². The lowest BCUT2D eigenvalue weighted by Crippen LogP contribution is -2.52. The fourth-order valence-corrected chi connectivity index (χ4v) is 3.58. The molecule has 0 aromatic heterocycles. The molecule has 0 bridgehead atoms. The zero-order valence-electron chi connectivity index (χ0n) is 13.5. The molecule has 0 radical (unpaired) electrons. The molecule has 1 heterocycles. The summed E-state index contributed by atoms with van der Waals surface area (Å²) in [5.74, 6) is 0.115. The van der Waals surface area contributed by atoms with E-state index in [9.17, 15) is 9.90 Å². The molecule has 0 spiro atoms. The number of piperidine rings is 1. The minimum Gasteiger partial charge on any atom is -0.388 e. The second kappa shape index (κ2) is 7.07. The summed E-state index contributed by atoms with van der Waals surface area (Å²) in [5, 5.41) is 13.6. The summed E-state index contributed by atoms with van der Waals surface area (Å²) < 4.78 is 5.17. The van der Waals surface area contributed by atoms with Crippen LogP contribution in [0.5, 0.6) is 0 Å². The van der Waals surface area contributed by atoms with Crippen molar-refractivity contribution in [3.8, 4) is 0 Å². The summed E-state index contributed by atoms with van der Waals surface area (Å²) in [7, 11) is 3.75. The van der Waals surface area contributed by atoms with Gasteiger partial charge in [0.2, 0.25) is 5.91 Å². The molecule has 5 heteroatoms. The summed E-state index contributed by atoms with van der Waals surface area (Å²) in [4.78, 5) is 14.8. The van der Waals surface area contributed by atoms with Crippen LogP contribution in [0, 0.1) is 5.41 Å². The van der Waals surface area contributed by atoms with Gasteiger partial charge in [-0.25, -0.2) is 0 Å². The van der Waals surface area contributed by atoms with Crippen LogP contribution in [0.25, 0.3) is 0 Å². The number of amides is 1. The molecule has 0 unspecified atom stereocenters. The van der Waals surface area contributed by atoms with Gasteiger partial charge >= 0.3 is 0 Å². The van der Waals surface area contributed by atoms with Crippen molar-refractivity contribution in [2.45, 2.75) is 50.5 Å². The van der Waals surface area contributed by atoms with Crippen LogP contribution < -0.4 is 5.32 Å². The maximum absolute atomic E-state index is 12.6. The van der Waals surface area contributed by atoms with Gasteiger partial charge in [0.25, 0.3) is 0 Å². The molecule has 0 atom stereocenters. The second-order valence-corrected chi connectivity index (χ2v) is 6.94. The van der Waals surface area contributed by atoms with Gasteiger partial charge in [0.05, 0.1) is 11.0 Å². The standard InChI is InChI=1S/C16H30N2O3/c1-18-10-7-16(20,8-11-18)13-17-14(19)15(9-12-21-2)5-3-4-6-15/h20H,3-13H2,1-2H3,(H,17,19). The van der Waals surface area contributed by atoms with Crippen LogP contribution in [0.1, 0.15) is 44.9 Å². The van der Waals surface area contributed by atoms with Crippen LogP contribution in [0.4, 0.5) is 0 Å². The smallest absolute Gasteiger partial charge is 0.226 e. The van der Waals surface area contributed by atoms with E-state index >= 15 is 0 Å². The van der Waals surface area contributed by atoms with Crippen molar-refractivity contribution in [3.05, 3.63) is 0 Å². The monoisotopic (exact) mass is 298 g/mol. The molecular weight excluding hydrogens is 268 g/mol. The Bertz CT molecular complexity index is 345. The van der Waals surface area contributed by atoms with Crippen molar-refractivity contribution in [3.63, 3.8) is 0 Å². The van der Waals surface area contributed by atoms with Crippen molar-refractivity contribution in [1.29, 1.82) is 0 Å². The molecular formula is C16H30N2O3. The third-order valence-electron chi connectivity index (χ3n) is 5.32. The van der Waals surface area contributed by atoms with E-state index in [1.807, 2.05) is 0 Å². The quantitative estimate of drug-likeness (QED) is 0.772. The topological polar surface area (TPSA) is 61.8 Å². The molecule has 2 aliphatic rings. The lowest BCUT2D eigenvalue weighted by molar-refractivity contribution is -0.133. The fraction of sp³-hybridized carbons (Fsp3) is 0.938. The first-order valence-electron chi connectivity index (χ1n) is 8.18. The summed E-state index contributed by atoms with van der Waals surface area (Å²) in [6.07, 6.45) is 6.38. The Morgan fingerprint density at radius 2 is 1.86 bits per heavy atom. The zero-order valence-corrected chi connectivity index (χ0v) is 13.5. The first-order valence-corrected chi connectivity index (χ1v) is 8.18.